The Morgan fingerprint density at radius 2 is 1.67 bits per heavy atom. The maximum Gasteiger partial charge on any atom is 0.0804 e. The van der Waals surface area contributed by atoms with Crippen molar-refractivity contribution in [2.45, 2.75) is 46.2 Å². The Balaban J connectivity index is 0.00000162. The van der Waals surface area contributed by atoms with Crippen molar-refractivity contribution in [2.75, 3.05) is 0 Å². The second-order valence-corrected chi connectivity index (χ2v) is 8.26. The molecule has 0 bridgehead atoms. The van der Waals surface area contributed by atoms with Gasteiger partial charge in [0.15, 0.2) is 0 Å². The van der Waals surface area contributed by atoms with Gasteiger partial charge < -0.3 is 0 Å². The van der Waals surface area contributed by atoms with Crippen LogP contribution in [-0.4, -0.2) is 27.7 Å². The first-order chi connectivity index (χ1) is 7.86. The van der Waals surface area contributed by atoms with Crippen LogP contribution in [0.4, 0.5) is 0 Å². The molecule has 1 unspecified atom stereocenters. The quantitative estimate of drug-likeness (QED) is 0.535. The molecule has 1 aromatic rings. The molecule has 0 aromatic heterocycles. The van der Waals surface area contributed by atoms with Crippen LogP contribution in [0, 0.1) is 13.8 Å². The summed E-state index contributed by atoms with van der Waals surface area (Å²) in [5.41, 5.74) is 8.36. The van der Waals surface area contributed by atoms with Crippen molar-refractivity contribution in [1.82, 2.24) is 0 Å². The third-order valence-corrected chi connectivity index (χ3v) is 6.26. The second kappa shape index (κ2) is 5.59. The van der Waals surface area contributed by atoms with Gasteiger partial charge in [-0.3, -0.25) is 0 Å². The van der Waals surface area contributed by atoms with Crippen LogP contribution < -0.4 is 5.19 Å². The van der Waals surface area contributed by atoms with Crippen LogP contribution in [0.1, 0.15) is 41.5 Å². The molecule has 1 aromatic carbocycles. The molecule has 1 aliphatic rings. The fourth-order valence-electron chi connectivity index (χ4n) is 3.10. The van der Waals surface area contributed by atoms with Crippen LogP contribution in [0.15, 0.2) is 11.6 Å². The maximum absolute atomic E-state index is 6.51. The maximum atomic E-state index is 6.51. The van der Waals surface area contributed by atoms with Gasteiger partial charge in [-0.2, -0.15) is 0 Å². The summed E-state index contributed by atoms with van der Waals surface area (Å²) in [4.78, 5) is 0. The average Bonchev–Trinajstić information content (AvgIpc) is 2.43. The molecule has 0 saturated heterocycles. The number of fused-ring (bicyclic) bond motifs is 1. The van der Waals surface area contributed by atoms with Crippen molar-refractivity contribution in [3.05, 3.63) is 33.9 Å². The molecule has 2 radical (unpaired) electrons. The standard InChI is InChI=1S/C15H20ClSi.Li/c1-8-7-12-13(9(2)10(3)14(12)16)11(4)15(8)17(5)6;/h7,14H,1-6H3;. The minimum absolute atomic E-state index is 0. The van der Waals surface area contributed by atoms with Gasteiger partial charge in [0.05, 0.1) is 14.2 Å². The average molecular weight is 271 g/mol. The van der Waals surface area contributed by atoms with E-state index in [2.05, 4.69) is 46.9 Å². The van der Waals surface area contributed by atoms with Gasteiger partial charge in [0.1, 0.15) is 0 Å². The van der Waals surface area contributed by atoms with E-state index in [0.29, 0.717) is 0 Å². The van der Waals surface area contributed by atoms with Crippen LogP contribution >= 0.6 is 11.6 Å². The van der Waals surface area contributed by atoms with Gasteiger partial charge in [0.25, 0.3) is 0 Å². The Morgan fingerprint density at radius 1 is 1.11 bits per heavy atom. The number of aryl methyl sites for hydroxylation is 1. The van der Waals surface area contributed by atoms with E-state index in [1.807, 2.05) is 0 Å². The fraction of sp³-hybridized carbons (Fsp3) is 0.467. The van der Waals surface area contributed by atoms with E-state index in [4.69, 9.17) is 11.6 Å². The molecule has 0 N–H and O–H groups in total. The van der Waals surface area contributed by atoms with Crippen LogP contribution in [0.25, 0.3) is 5.57 Å². The fourth-order valence-corrected chi connectivity index (χ4v) is 5.17. The zero-order chi connectivity index (χ0) is 12.9. The summed E-state index contributed by atoms with van der Waals surface area (Å²) >= 11 is 6.51. The Hall–Kier alpha value is 0.0643. The third-order valence-electron chi connectivity index (χ3n) is 3.92. The molecule has 18 heavy (non-hydrogen) atoms. The van der Waals surface area contributed by atoms with E-state index in [9.17, 15) is 0 Å². The predicted molar refractivity (Wildman–Crippen MR) is 85.6 cm³/mol. The van der Waals surface area contributed by atoms with Crippen molar-refractivity contribution in [3.63, 3.8) is 0 Å². The molecule has 92 valence electrons. The van der Waals surface area contributed by atoms with E-state index < -0.39 is 8.80 Å². The summed E-state index contributed by atoms with van der Waals surface area (Å²) in [5.74, 6) is 0. The van der Waals surface area contributed by atoms with Gasteiger partial charge in [-0.05, 0) is 55.5 Å². The van der Waals surface area contributed by atoms with Gasteiger partial charge in [-0.25, -0.2) is 0 Å². The minimum atomic E-state index is -0.417. The predicted octanol–water partition coefficient (Wildman–Crippen LogP) is 3.97. The monoisotopic (exact) mass is 270 g/mol. The Morgan fingerprint density at radius 3 is 2.17 bits per heavy atom. The van der Waals surface area contributed by atoms with E-state index in [0.717, 1.165) is 0 Å². The van der Waals surface area contributed by atoms with Gasteiger partial charge in [-0.15, -0.1) is 11.6 Å². The molecule has 0 heterocycles. The molecule has 1 aliphatic carbocycles. The van der Waals surface area contributed by atoms with Crippen molar-refractivity contribution < 1.29 is 0 Å². The summed E-state index contributed by atoms with van der Waals surface area (Å²) < 4.78 is 0. The first-order valence-corrected chi connectivity index (χ1v) is 9.06. The van der Waals surface area contributed by atoms with Gasteiger partial charge in [0, 0.05) is 18.9 Å². The van der Waals surface area contributed by atoms with Gasteiger partial charge in [-0.1, -0.05) is 29.9 Å². The summed E-state index contributed by atoms with van der Waals surface area (Å²) in [5, 5.41) is 1.67. The zero-order valence-corrected chi connectivity index (χ0v) is 14.3. The molecule has 0 nitrogen and oxygen atoms in total. The van der Waals surface area contributed by atoms with Crippen LogP contribution in [0.5, 0.6) is 0 Å². The van der Waals surface area contributed by atoms with Crippen molar-refractivity contribution >= 4 is 50.0 Å². The van der Waals surface area contributed by atoms with E-state index in [1.165, 1.54) is 33.4 Å². The SMILES string of the molecule is CC1=C(C)C(Cl)c2cc(C)c([Si](C)C)c(C)c21.[Li]. The summed E-state index contributed by atoms with van der Waals surface area (Å²) in [6, 6.07) is 2.31. The molecule has 2 rings (SSSR count). The number of halogens is 1. The molecule has 0 fully saturated rings. The smallest absolute Gasteiger partial charge is 0.0804 e. The van der Waals surface area contributed by atoms with Crippen molar-refractivity contribution in [2.24, 2.45) is 0 Å². The molecule has 0 spiro atoms. The number of benzene rings is 1. The van der Waals surface area contributed by atoms with Crippen molar-refractivity contribution in [3.8, 4) is 0 Å². The number of allylic oxidation sites excluding steroid dienone is 2. The Kier molecular flexibility index (Phi) is 5.01. The summed E-state index contributed by atoms with van der Waals surface area (Å²) in [6.07, 6.45) is 0. The number of hydrogen-bond donors (Lipinski definition) is 0. The second-order valence-electron chi connectivity index (χ2n) is 5.33. The summed E-state index contributed by atoms with van der Waals surface area (Å²) in [7, 11) is -0.417. The molecular formula is C15H20ClLiSi. The summed E-state index contributed by atoms with van der Waals surface area (Å²) in [6.45, 7) is 13.6. The normalized spacial score (nSPS) is 18.1. The van der Waals surface area contributed by atoms with E-state index >= 15 is 0 Å². The van der Waals surface area contributed by atoms with Gasteiger partial charge in [0.2, 0.25) is 0 Å². The minimum Gasteiger partial charge on any atom is -0.113 e. The largest absolute Gasteiger partial charge is 0.113 e. The Labute approximate surface area is 130 Å². The van der Waals surface area contributed by atoms with E-state index in [1.54, 1.807) is 5.19 Å². The van der Waals surface area contributed by atoms with Crippen molar-refractivity contribution in [1.29, 1.82) is 0 Å². The van der Waals surface area contributed by atoms with Crippen LogP contribution in [-0.2, 0) is 0 Å². The van der Waals surface area contributed by atoms with Crippen LogP contribution in [0.3, 0.4) is 0 Å². The molecule has 0 amide bonds. The number of hydrogen-bond acceptors (Lipinski definition) is 0. The van der Waals surface area contributed by atoms with Gasteiger partial charge >= 0.3 is 0 Å². The topological polar surface area (TPSA) is 0 Å². The Bertz CT molecular complexity index is 518. The van der Waals surface area contributed by atoms with E-state index in [-0.39, 0.29) is 24.2 Å². The first kappa shape index (κ1) is 16.1. The first-order valence-electron chi connectivity index (χ1n) is 6.12. The molecule has 0 aliphatic heterocycles. The third kappa shape index (κ3) is 2.27. The molecule has 1 atom stereocenters. The molecule has 0 saturated carbocycles. The zero-order valence-electron chi connectivity index (χ0n) is 12.5. The van der Waals surface area contributed by atoms with Crippen LogP contribution in [0.2, 0.25) is 13.1 Å². The number of rotatable bonds is 1. The number of alkyl halides is 1. The molecular weight excluding hydrogens is 251 g/mol. The molecule has 3 heteroatoms.